The van der Waals surface area contributed by atoms with Gasteiger partial charge in [0.15, 0.2) is 0 Å². The molecule has 1 heterocycles. The van der Waals surface area contributed by atoms with Gasteiger partial charge < -0.3 is 15.1 Å². The van der Waals surface area contributed by atoms with Gasteiger partial charge in [-0.15, -0.1) is 0 Å². The molecule has 1 saturated heterocycles. The predicted octanol–water partition coefficient (Wildman–Crippen LogP) is 2.15. The third-order valence-electron chi connectivity index (χ3n) is 4.43. The molecule has 1 aliphatic heterocycles. The van der Waals surface area contributed by atoms with Gasteiger partial charge in [0.25, 0.3) is 17.4 Å². The number of halogens is 1. The van der Waals surface area contributed by atoms with E-state index in [0.717, 1.165) is 23.1 Å². The zero-order valence-electron chi connectivity index (χ0n) is 14.4. The summed E-state index contributed by atoms with van der Waals surface area (Å²) in [4.78, 5) is 36.1. The Hall–Kier alpha value is -3.59. The number of carbonyl (C=O) groups is 2. The Morgan fingerprint density at radius 3 is 2.36 bits per heavy atom. The number of benzene rings is 2. The van der Waals surface area contributed by atoms with Crippen molar-refractivity contribution in [3.63, 3.8) is 0 Å². The van der Waals surface area contributed by atoms with Crippen LogP contribution in [-0.4, -0.2) is 44.9 Å². The van der Waals surface area contributed by atoms with Crippen LogP contribution in [0, 0.1) is 15.9 Å². The van der Waals surface area contributed by atoms with Crippen LogP contribution in [0.25, 0.3) is 5.76 Å². The fourth-order valence-electron chi connectivity index (χ4n) is 3.14. The summed E-state index contributed by atoms with van der Waals surface area (Å²) in [6.07, 6.45) is 0. The van der Waals surface area contributed by atoms with Crippen molar-refractivity contribution in [1.29, 1.82) is 0 Å². The lowest BCUT2D eigenvalue weighted by atomic mass is 9.95. The molecule has 0 radical (unpaired) electrons. The Labute approximate surface area is 158 Å². The number of β-amino-alcohol motifs (C(OH)–C–C–N with tert-alkyl or cyclic N) is 1. The topological polar surface area (TPSA) is 121 Å². The number of rotatable bonds is 5. The van der Waals surface area contributed by atoms with Crippen LogP contribution >= 0.6 is 0 Å². The van der Waals surface area contributed by atoms with Crippen LogP contribution in [-0.2, 0) is 9.59 Å². The molecule has 2 N–H and O–H groups in total. The molecule has 1 atom stereocenters. The van der Waals surface area contributed by atoms with E-state index in [2.05, 4.69) is 0 Å². The van der Waals surface area contributed by atoms with Crippen LogP contribution in [0.3, 0.4) is 0 Å². The van der Waals surface area contributed by atoms with Crippen LogP contribution < -0.4 is 0 Å². The molecule has 1 fully saturated rings. The molecule has 2 aromatic carbocycles. The maximum absolute atomic E-state index is 14.4. The average molecular weight is 386 g/mol. The summed E-state index contributed by atoms with van der Waals surface area (Å²) in [7, 11) is 0. The summed E-state index contributed by atoms with van der Waals surface area (Å²) in [6.45, 7) is -0.698. The maximum atomic E-state index is 14.4. The van der Waals surface area contributed by atoms with E-state index in [1.54, 1.807) is 0 Å². The molecule has 0 aliphatic carbocycles. The van der Waals surface area contributed by atoms with Gasteiger partial charge in [-0.3, -0.25) is 19.7 Å². The zero-order valence-corrected chi connectivity index (χ0v) is 14.4. The molecule has 3 rings (SSSR count). The third kappa shape index (κ3) is 3.23. The third-order valence-corrected chi connectivity index (χ3v) is 4.43. The molecule has 28 heavy (non-hydrogen) atoms. The van der Waals surface area contributed by atoms with Crippen molar-refractivity contribution in [2.45, 2.75) is 6.04 Å². The summed E-state index contributed by atoms with van der Waals surface area (Å²) in [5.41, 5.74) is -0.520. The number of nitrogens with zero attached hydrogens (tertiary/aromatic N) is 2. The summed E-state index contributed by atoms with van der Waals surface area (Å²) in [6, 6.07) is 8.98. The number of nitro groups is 1. The second-order valence-electron chi connectivity index (χ2n) is 6.04. The molecule has 144 valence electrons. The van der Waals surface area contributed by atoms with Gasteiger partial charge in [0, 0.05) is 29.8 Å². The van der Waals surface area contributed by atoms with Gasteiger partial charge >= 0.3 is 0 Å². The van der Waals surface area contributed by atoms with Gasteiger partial charge in [0.2, 0.25) is 0 Å². The molecular formula is C19H15FN2O6. The summed E-state index contributed by atoms with van der Waals surface area (Å²) < 4.78 is 14.4. The minimum Gasteiger partial charge on any atom is -0.507 e. The lowest BCUT2D eigenvalue weighted by Gasteiger charge is -2.24. The molecule has 0 saturated carbocycles. The van der Waals surface area contributed by atoms with Crippen LogP contribution in [0.1, 0.15) is 17.2 Å². The highest BCUT2D eigenvalue weighted by molar-refractivity contribution is 6.46. The number of carbonyl (C=O) groups excluding carboxylic acids is 2. The largest absolute Gasteiger partial charge is 0.507 e. The molecule has 1 amide bonds. The van der Waals surface area contributed by atoms with Crippen molar-refractivity contribution in [3.8, 4) is 0 Å². The van der Waals surface area contributed by atoms with Gasteiger partial charge in [0.05, 0.1) is 23.1 Å². The van der Waals surface area contributed by atoms with E-state index in [4.69, 9.17) is 0 Å². The molecule has 8 nitrogen and oxygen atoms in total. The van der Waals surface area contributed by atoms with Crippen molar-refractivity contribution in [3.05, 3.63) is 81.2 Å². The summed E-state index contributed by atoms with van der Waals surface area (Å²) in [5, 5.41) is 30.7. The standard InChI is InChI=1S/C19H15FN2O6/c20-14-4-2-1-3-13(14)16-15(18(25)19(26)21(16)9-10-23)17(24)11-5-7-12(8-6-11)22(27)28/h1-8,16,23-24H,9-10H2/b17-15+/t16-/m0/s1. The van der Waals surface area contributed by atoms with E-state index < -0.39 is 40.8 Å². The lowest BCUT2D eigenvalue weighted by molar-refractivity contribution is -0.384. The highest BCUT2D eigenvalue weighted by Gasteiger charge is 2.46. The molecule has 0 aromatic heterocycles. The molecule has 0 unspecified atom stereocenters. The Balaban J connectivity index is 2.18. The number of amides is 1. The van der Waals surface area contributed by atoms with Gasteiger partial charge in [-0.2, -0.15) is 0 Å². The first-order valence-electron chi connectivity index (χ1n) is 8.25. The minimum atomic E-state index is -1.23. The Bertz CT molecular complexity index is 986. The number of Topliss-reactive ketones (excluding diaryl/α,β-unsaturated/α-hetero) is 1. The van der Waals surface area contributed by atoms with Crippen molar-refractivity contribution in [2.24, 2.45) is 0 Å². The van der Waals surface area contributed by atoms with Crippen molar-refractivity contribution in [1.82, 2.24) is 4.90 Å². The van der Waals surface area contributed by atoms with Crippen LogP contribution in [0.2, 0.25) is 0 Å². The van der Waals surface area contributed by atoms with Gasteiger partial charge in [0.1, 0.15) is 11.6 Å². The van der Waals surface area contributed by atoms with E-state index in [9.17, 15) is 34.3 Å². The summed E-state index contributed by atoms with van der Waals surface area (Å²) >= 11 is 0. The van der Waals surface area contributed by atoms with E-state index in [1.807, 2.05) is 0 Å². The van der Waals surface area contributed by atoms with Crippen molar-refractivity contribution < 1.29 is 29.1 Å². The van der Waals surface area contributed by atoms with E-state index in [-0.39, 0.29) is 28.9 Å². The van der Waals surface area contributed by atoms with Crippen LogP contribution in [0.15, 0.2) is 54.1 Å². The Morgan fingerprint density at radius 2 is 1.79 bits per heavy atom. The van der Waals surface area contributed by atoms with Crippen molar-refractivity contribution >= 4 is 23.1 Å². The molecule has 0 spiro atoms. The lowest BCUT2D eigenvalue weighted by Crippen LogP contribution is -2.32. The van der Waals surface area contributed by atoms with Crippen LogP contribution in [0.4, 0.5) is 10.1 Å². The number of hydrogen-bond acceptors (Lipinski definition) is 6. The second kappa shape index (κ2) is 7.57. The molecular weight excluding hydrogens is 371 g/mol. The highest BCUT2D eigenvalue weighted by Crippen LogP contribution is 2.40. The molecule has 1 aliphatic rings. The zero-order chi connectivity index (χ0) is 20.4. The second-order valence-corrected chi connectivity index (χ2v) is 6.04. The number of ketones is 1. The smallest absolute Gasteiger partial charge is 0.295 e. The maximum Gasteiger partial charge on any atom is 0.295 e. The fraction of sp³-hybridized carbons (Fsp3) is 0.158. The normalized spacial score (nSPS) is 18.5. The van der Waals surface area contributed by atoms with Crippen molar-refractivity contribution in [2.75, 3.05) is 13.2 Å². The number of non-ortho nitro benzene ring substituents is 1. The van der Waals surface area contributed by atoms with Gasteiger partial charge in [-0.05, 0) is 18.2 Å². The molecule has 0 bridgehead atoms. The summed E-state index contributed by atoms with van der Waals surface area (Å²) in [5.74, 6) is -3.28. The molecule has 9 heteroatoms. The van der Waals surface area contributed by atoms with Crippen LogP contribution in [0.5, 0.6) is 0 Å². The van der Waals surface area contributed by atoms with E-state index in [1.165, 1.54) is 30.3 Å². The number of likely N-dealkylation sites (tertiary alicyclic amines) is 1. The number of nitro benzene ring substituents is 1. The SMILES string of the molecule is O=C1C(=O)N(CCO)[C@@H](c2ccccc2F)/C1=C(\O)c1ccc([N+](=O)[O-])cc1. The first-order valence-corrected chi connectivity index (χ1v) is 8.25. The number of aliphatic hydroxyl groups excluding tert-OH is 2. The van der Waals surface area contributed by atoms with E-state index >= 15 is 0 Å². The molecule has 2 aromatic rings. The highest BCUT2D eigenvalue weighted by atomic mass is 19.1. The number of hydrogen-bond donors (Lipinski definition) is 2. The van der Waals surface area contributed by atoms with E-state index in [0.29, 0.717) is 0 Å². The number of aliphatic hydroxyl groups is 2. The predicted molar refractivity (Wildman–Crippen MR) is 95.6 cm³/mol. The first kappa shape index (κ1) is 19.2. The van der Waals surface area contributed by atoms with Gasteiger partial charge in [-0.1, -0.05) is 18.2 Å². The monoisotopic (exact) mass is 386 g/mol. The average Bonchev–Trinajstić information content (AvgIpc) is 2.93. The quantitative estimate of drug-likeness (QED) is 0.267. The Morgan fingerprint density at radius 1 is 1.14 bits per heavy atom. The Kier molecular flexibility index (Phi) is 5.18. The minimum absolute atomic E-state index is 0.0152. The fourth-order valence-corrected chi connectivity index (χ4v) is 3.14. The first-order chi connectivity index (χ1) is 13.4. The van der Waals surface area contributed by atoms with Gasteiger partial charge in [-0.25, -0.2) is 4.39 Å².